The SMILES string of the molecule is c1ccc(-c2cc3nc(-n4c5ccc(-c6ccc7c8c9ccccc9ccc8n(-c8nc(-c9ccccc9)c9ccc%10ccccc%10c9n8)c7c6)cc5c5c6ccccc6ccc54)nc(-c4ccccc4)c3s2)cc1. The predicted molar refractivity (Wildman–Crippen MR) is 313 cm³/mol. The molecule has 5 aromatic heterocycles. The van der Waals surface area contributed by atoms with E-state index in [-0.39, 0.29) is 0 Å². The van der Waals surface area contributed by atoms with E-state index in [1.807, 2.05) is 0 Å². The van der Waals surface area contributed by atoms with E-state index in [1.54, 1.807) is 11.3 Å². The van der Waals surface area contributed by atoms with Crippen LogP contribution in [0, 0.1) is 0 Å². The van der Waals surface area contributed by atoms with Crippen LogP contribution in [0.2, 0.25) is 0 Å². The lowest BCUT2D eigenvalue weighted by molar-refractivity contribution is 1.02. The Morgan fingerprint density at radius 1 is 0.293 bits per heavy atom. The first kappa shape index (κ1) is 41.8. The van der Waals surface area contributed by atoms with Crippen LogP contribution in [-0.2, 0) is 0 Å². The second kappa shape index (κ2) is 16.3. The number of nitrogens with zero attached hydrogens (tertiary/aromatic N) is 6. The summed E-state index contributed by atoms with van der Waals surface area (Å²) in [5.74, 6) is 1.27. The zero-order chi connectivity index (χ0) is 49.1. The molecule has 7 heteroatoms. The van der Waals surface area contributed by atoms with Crippen LogP contribution < -0.4 is 0 Å². The molecule has 348 valence electrons. The number of thiophene rings is 1. The molecule has 0 unspecified atom stereocenters. The highest BCUT2D eigenvalue weighted by molar-refractivity contribution is 7.22. The zero-order valence-corrected chi connectivity index (χ0v) is 41.0. The van der Waals surface area contributed by atoms with E-state index in [0.717, 1.165) is 109 Å². The van der Waals surface area contributed by atoms with E-state index in [0.29, 0.717) is 11.9 Å². The summed E-state index contributed by atoms with van der Waals surface area (Å²) in [6.45, 7) is 0. The standard InChI is InChI=1S/C68H40N6S/c1-4-19-44(20-5-1)60-40-55-66(75-60)64(46-23-8-3-9-24-46)71-67(69-55)73-56-35-32-47(38-54(56)62-50-26-14-11-17-42(50)31-37-58(62)73)48-29-33-52-59(39-48)74(57-36-30-41-16-10-13-25-49(41)61(52)57)68-70-63(45-21-6-2-7-22-45)53-34-28-43-18-12-15-27-51(43)65(53)72-68/h1-40H. The van der Waals surface area contributed by atoms with E-state index in [9.17, 15) is 0 Å². The molecule has 0 amide bonds. The monoisotopic (exact) mass is 972 g/mol. The fourth-order valence-corrected chi connectivity index (χ4v) is 12.8. The van der Waals surface area contributed by atoms with E-state index in [2.05, 4.69) is 252 Å². The third kappa shape index (κ3) is 6.45. The van der Waals surface area contributed by atoms with Crippen molar-refractivity contribution in [3.05, 3.63) is 243 Å². The fourth-order valence-electron chi connectivity index (χ4n) is 11.7. The van der Waals surface area contributed by atoms with Gasteiger partial charge < -0.3 is 0 Å². The molecule has 75 heavy (non-hydrogen) atoms. The molecule has 0 spiro atoms. The summed E-state index contributed by atoms with van der Waals surface area (Å²) in [5.41, 5.74) is 13.3. The van der Waals surface area contributed by atoms with Gasteiger partial charge in [0.05, 0.1) is 49.2 Å². The number of aromatic nitrogens is 6. The Balaban J connectivity index is 0.951. The van der Waals surface area contributed by atoms with E-state index in [1.165, 1.54) is 32.5 Å². The number of rotatable bonds is 6. The maximum absolute atomic E-state index is 5.55. The molecule has 16 rings (SSSR count). The van der Waals surface area contributed by atoms with Gasteiger partial charge in [-0.3, -0.25) is 9.13 Å². The predicted octanol–water partition coefficient (Wildman–Crippen LogP) is 18.0. The Kier molecular flexibility index (Phi) is 9.10. The van der Waals surface area contributed by atoms with Crippen LogP contribution in [0.3, 0.4) is 0 Å². The van der Waals surface area contributed by atoms with Crippen LogP contribution in [-0.4, -0.2) is 29.1 Å². The summed E-state index contributed by atoms with van der Waals surface area (Å²) in [4.78, 5) is 23.2. The van der Waals surface area contributed by atoms with Crippen molar-refractivity contribution in [1.82, 2.24) is 29.1 Å². The summed E-state index contributed by atoms with van der Waals surface area (Å²) >= 11 is 1.74. The van der Waals surface area contributed by atoms with Crippen molar-refractivity contribution in [2.24, 2.45) is 0 Å². The molecule has 0 bridgehead atoms. The Bertz CT molecular complexity index is 5000. The lowest BCUT2D eigenvalue weighted by Gasteiger charge is -2.14. The third-order valence-corrected chi connectivity index (χ3v) is 16.3. The normalized spacial score (nSPS) is 12.0. The minimum absolute atomic E-state index is 0.628. The average Bonchev–Trinajstić information content (AvgIpc) is 4.19. The van der Waals surface area contributed by atoms with Crippen LogP contribution in [0.4, 0.5) is 0 Å². The molecule has 0 aliphatic rings. The van der Waals surface area contributed by atoms with Gasteiger partial charge in [0.25, 0.3) is 0 Å². The third-order valence-electron chi connectivity index (χ3n) is 15.1. The Labute approximate surface area is 433 Å². The smallest absolute Gasteiger partial charge is 0.235 e. The zero-order valence-electron chi connectivity index (χ0n) is 40.2. The number of fused-ring (bicyclic) bond motifs is 14. The quantitative estimate of drug-likeness (QED) is 0.156. The summed E-state index contributed by atoms with van der Waals surface area (Å²) in [7, 11) is 0. The van der Waals surface area contributed by atoms with Crippen molar-refractivity contribution in [1.29, 1.82) is 0 Å². The van der Waals surface area contributed by atoms with Crippen molar-refractivity contribution in [3.8, 4) is 56.0 Å². The summed E-state index contributed by atoms with van der Waals surface area (Å²) in [5, 5.41) is 12.6. The Hall–Kier alpha value is -9.82. The highest BCUT2D eigenvalue weighted by atomic mass is 32.1. The Morgan fingerprint density at radius 2 is 0.787 bits per heavy atom. The van der Waals surface area contributed by atoms with Crippen molar-refractivity contribution in [2.75, 3.05) is 0 Å². The minimum Gasteiger partial charge on any atom is -0.278 e. The lowest BCUT2D eigenvalue weighted by Crippen LogP contribution is -2.04. The van der Waals surface area contributed by atoms with Gasteiger partial charge in [0, 0.05) is 48.3 Å². The van der Waals surface area contributed by atoms with Crippen LogP contribution in [0.5, 0.6) is 0 Å². The molecular formula is C68H40N6S. The first-order chi connectivity index (χ1) is 37.2. The first-order valence-corrected chi connectivity index (χ1v) is 26.1. The van der Waals surface area contributed by atoms with Gasteiger partial charge in [-0.25, -0.2) is 19.9 Å². The number of hydrogen-bond acceptors (Lipinski definition) is 5. The highest BCUT2D eigenvalue weighted by Crippen LogP contribution is 2.44. The van der Waals surface area contributed by atoms with Crippen LogP contribution >= 0.6 is 11.3 Å². The molecule has 0 N–H and O–H groups in total. The van der Waals surface area contributed by atoms with Crippen LogP contribution in [0.1, 0.15) is 0 Å². The van der Waals surface area contributed by atoms with Crippen LogP contribution in [0.15, 0.2) is 243 Å². The van der Waals surface area contributed by atoms with Gasteiger partial charge in [0.2, 0.25) is 11.9 Å². The molecule has 0 atom stereocenters. The van der Waals surface area contributed by atoms with Crippen molar-refractivity contribution >= 4 is 108 Å². The highest BCUT2D eigenvalue weighted by Gasteiger charge is 2.24. The van der Waals surface area contributed by atoms with Gasteiger partial charge in [-0.2, -0.15) is 0 Å². The van der Waals surface area contributed by atoms with E-state index < -0.39 is 0 Å². The minimum atomic E-state index is 0.628. The van der Waals surface area contributed by atoms with Crippen LogP contribution in [0.25, 0.3) is 153 Å². The van der Waals surface area contributed by atoms with E-state index in [4.69, 9.17) is 19.9 Å². The maximum Gasteiger partial charge on any atom is 0.235 e. The molecule has 11 aromatic carbocycles. The second-order valence-electron chi connectivity index (χ2n) is 19.3. The molecule has 0 aliphatic heterocycles. The van der Waals surface area contributed by atoms with Gasteiger partial charge in [-0.1, -0.05) is 200 Å². The second-order valence-corrected chi connectivity index (χ2v) is 20.4. The maximum atomic E-state index is 5.55. The fraction of sp³-hybridized carbons (Fsp3) is 0. The molecule has 0 saturated carbocycles. The first-order valence-electron chi connectivity index (χ1n) is 25.3. The average molecular weight is 973 g/mol. The van der Waals surface area contributed by atoms with Crippen molar-refractivity contribution < 1.29 is 0 Å². The number of hydrogen-bond donors (Lipinski definition) is 0. The van der Waals surface area contributed by atoms with Gasteiger partial charge >= 0.3 is 0 Å². The lowest BCUT2D eigenvalue weighted by atomic mass is 9.98. The Morgan fingerprint density at radius 3 is 1.48 bits per heavy atom. The van der Waals surface area contributed by atoms with Crippen molar-refractivity contribution in [3.63, 3.8) is 0 Å². The molecule has 0 fully saturated rings. The molecule has 0 saturated heterocycles. The van der Waals surface area contributed by atoms with Gasteiger partial charge in [-0.15, -0.1) is 11.3 Å². The largest absolute Gasteiger partial charge is 0.278 e. The molecule has 6 nitrogen and oxygen atoms in total. The molecule has 0 aliphatic carbocycles. The van der Waals surface area contributed by atoms with Crippen molar-refractivity contribution in [2.45, 2.75) is 0 Å². The molecule has 0 radical (unpaired) electrons. The molecular weight excluding hydrogens is 933 g/mol. The van der Waals surface area contributed by atoms with Gasteiger partial charge in [0.1, 0.15) is 0 Å². The summed E-state index contributed by atoms with van der Waals surface area (Å²) in [6, 6.07) is 86.8. The van der Waals surface area contributed by atoms with Gasteiger partial charge in [0.15, 0.2) is 0 Å². The molecule has 5 heterocycles. The topological polar surface area (TPSA) is 61.4 Å². The number of benzene rings is 11. The summed E-state index contributed by atoms with van der Waals surface area (Å²) in [6.07, 6.45) is 0. The summed E-state index contributed by atoms with van der Waals surface area (Å²) < 4.78 is 5.62. The van der Waals surface area contributed by atoms with E-state index >= 15 is 0 Å². The van der Waals surface area contributed by atoms with Gasteiger partial charge in [-0.05, 0) is 86.1 Å². The molecule has 16 aromatic rings.